The van der Waals surface area contributed by atoms with Crippen molar-refractivity contribution in [1.82, 2.24) is 20.3 Å². The van der Waals surface area contributed by atoms with Crippen LogP contribution in [0.25, 0.3) is 10.9 Å². The number of benzene rings is 2. The van der Waals surface area contributed by atoms with E-state index in [1.807, 2.05) is 24.3 Å². The SMILES string of the molecule is O=C(CCCCCCN1CC(=O)N2[C@@H](c3ccc(C(F)(F)F)cc3)c3[nH]c4ccccc4c3C[C@H]2C1=O)NO. The van der Waals surface area contributed by atoms with Crippen molar-refractivity contribution >= 4 is 28.6 Å². The van der Waals surface area contributed by atoms with Crippen molar-refractivity contribution in [3.05, 3.63) is 70.9 Å². The maximum absolute atomic E-state index is 13.7. The fourth-order valence-electron chi connectivity index (χ4n) is 5.71. The molecule has 2 aliphatic rings. The molecule has 2 atom stereocenters. The van der Waals surface area contributed by atoms with Gasteiger partial charge in [0.2, 0.25) is 17.7 Å². The summed E-state index contributed by atoms with van der Waals surface area (Å²) in [6.45, 7) is 0.293. The smallest absolute Gasteiger partial charge is 0.356 e. The minimum atomic E-state index is -4.48. The first kappa shape index (κ1) is 26.7. The minimum absolute atomic E-state index is 0.102. The second-order valence-corrected chi connectivity index (χ2v) is 10.1. The first-order chi connectivity index (χ1) is 18.7. The summed E-state index contributed by atoms with van der Waals surface area (Å²) < 4.78 is 39.7. The van der Waals surface area contributed by atoms with Crippen LogP contribution < -0.4 is 5.48 Å². The Morgan fingerprint density at radius 3 is 2.46 bits per heavy atom. The van der Waals surface area contributed by atoms with E-state index < -0.39 is 29.7 Å². The van der Waals surface area contributed by atoms with Crippen molar-refractivity contribution in [3.63, 3.8) is 0 Å². The normalized spacial score (nSPS) is 19.3. The van der Waals surface area contributed by atoms with Gasteiger partial charge in [-0.1, -0.05) is 43.2 Å². The van der Waals surface area contributed by atoms with Crippen LogP contribution in [-0.4, -0.2) is 56.8 Å². The summed E-state index contributed by atoms with van der Waals surface area (Å²) in [4.78, 5) is 44.8. The summed E-state index contributed by atoms with van der Waals surface area (Å²) in [6, 6.07) is 10.9. The number of carbonyl (C=O) groups is 3. The lowest BCUT2D eigenvalue weighted by Crippen LogP contribution is -2.63. The third-order valence-corrected chi connectivity index (χ3v) is 7.60. The largest absolute Gasteiger partial charge is 0.416 e. The van der Waals surface area contributed by atoms with Crippen molar-refractivity contribution in [2.75, 3.05) is 13.1 Å². The van der Waals surface area contributed by atoms with Gasteiger partial charge in [0.15, 0.2) is 0 Å². The Kier molecular flexibility index (Phi) is 7.35. The summed E-state index contributed by atoms with van der Waals surface area (Å²) in [5, 5.41) is 9.50. The van der Waals surface area contributed by atoms with Gasteiger partial charge in [0.05, 0.1) is 18.2 Å². The molecule has 8 nitrogen and oxygen atoms in total. The van der Waals surface area contributed by atoms with E-state index in [-0.39, 0.29) is 24.8 Å². The predicted octanol–water partition coefficient (Wildman–Crippen LogP) is 4.33. The van der Waals surface area contributed by atoms with Gasteiger partial charge in [0, 0.05) is 36.0 Å². The molecule has 3 amide bonds. The van der Waals surface area contributed by atoms with E-state index in [4.69, 9.17) is 5.21 Å². The molecule has 0 aliphatic carbocycles. The quantitative estimate of drug-likeness (QED) is 0.224. The fourth-order valence-corrected chi connectivity index (χ4v) is 5.71. The molecule has 1 fully saturated rings. The highest BCUT2D eigenvalue weighted by atomic mass is 19.4. The van der Waals surface area contributed by atoms with Crippen LogP contribution in [0.5, 0.6) is 0 Å². The van der Waals surface area contributed by atoms with Gasteiger partial charge in [-0.2, -0.15) is 13.2 Å². The Bertz CT molecular complexity index is 1390. The summed E-state index contributed by atoms with van der Waals surface area (Å²) in [7, 11) is 0. The number of aromatic amines is 1. The monoisotopic (exact) mass is 542 g/mol. The van der Waals surface area contributed by atoms with Crippen molar-refractivity contribution in [2.24, 2.45) is 0 Å². The molecule has 0 saturated carbocycles. The molecule has 5 rings (SSSR count). The number of amides is 3. The lowest BCUT2D eigenvalue weighted by atomic mass is 9.86. The van der Waals surface area contributed by atoms with E-state index >= 15 is 0 Å². The fraction of sp³-hybridized carbons (Fsp3) is 0.393. The number of para-hydroxylation sites is 1. The summed E-state index contributed by atoms with van der Waals surface area (Å²) in [5.41, 5.74) is 3.77. The van der Waals surface area contributed by atoms with Crippen LogP contribution in [0, 0.1) is 0 Å². The molecule has 206 valence electrons. The average molecular weight is 543 g/mol. The lowest BCUT2D eigenvalue weighted by molar-refractivity contribution is -0.158. The van der Waals surface area contributed by atoms with E-state index in [9.17, 15) is 27.6 Å². The number of unbranched alkanes of at least 4 members (excludes halogenated alkanes) is 3. The topological polar surface area (TPSA) is 106 Å². The maximum atomic E-state index is 13.7. The number of alkyl halides is 3. The number of nitrogens with zero attached hydrogens (tertiary/aromatic N) is 2. The van der Waals surface area contributed by atoms with Gasteiger partial charge in [-0.05, 0) is 42.2 Å². The van der Waals surface area contributed by atoms with Crippen LogP contribution in [0.1, 0.15) is 60.5 Å². The molecule has 0 radical (unpaired) electrons. The highest BCUT2D eigenvalue weighted by Crippen LogP contribution is 2.43. The van der Waals surface area contributed by atoms with Crippen molar-refractivity contribution in [2.45, 2.75) is 56.8 Å². The van der Waals surface area contributed by atoms with Crippen molar-refractivity contribution in [3.8, 4) is 0 Å². The van der Waals surface area contributed by atoms with E-state index in [1.165, 1.54) is 17.0 Å². The standard InChI is InChI=1S/C28H29F3N4O4/c29-28(30,31)18-12-10-17(11-13-18)26-25-20(19-7-4-5-8-21(19)32-25)15-22-27(38)34(16-24(37)35(22)26)14-6-2-1-3-9-23(36)33-39/h4-5,7-8,10-13,22,26,32,39H,1-3,6,9,14-16H2,(H,33,36)/t22-,26-/m0/s1. The molecule has 0 spiro atoms. The van der Waals surface area contributed by atoms with E-state index in [0.29, 0.717) is 37.1 Å². The first-order valence-corrected chi connectivity index (χ1v) is 13.0. The highest BCUT2D eigenvalue weighted by molar-refractivity contribution is 5.97. The number of hydrogen-bond donors (Lipinski definition) is 3. The van der Waals surface area contributed by atoms with Crippen LogP contribution >= 0.6 is 0 Å². The van der Waals surface area contributed by atoms with Gasteiger partial charge in [-0.3, -0.25) is 19.6 Å². The third kappa shape index (κ3) is 5.23. The van der Waals surface area contributed by atoms with Gasteiger partial charge in [-0.15, -0.1) is 0 Å². The molecular formula is C28H29F3N4O4. The molecule has 1 aromatic heterocycles. The zero-order chi connectivity index (χ0) is 27.7. The second-order valence-electron chi connectivity index (χ2n) is 10.1. The Morgan fingerprint density at radius 2 is 1.74 bits per heavy atom. The predicted molar refractivity (Wildman–Crippen MR) is 136 cm³/mol. The van der Waals surface area contributed by atoms with Crippen molar-refractivity contribution in [1.29, 1.82) is 0 Å². The Hall–Kier alpha value is -3.86. The number of hydrogen-bond acceptors (Lipinski definition) is 4. The number of halogens is 3. The molecule has 2 aromatic carbocycles. The number of aromatic nitrogens is 1. The number of rotatable bonds is 8. The number of piperazine rings is 1. The third-order valence-electron chi connectivity index (χ3n) is 7.60. The van der Waals surface area contributed by atoms with E-state index in [2.05, 4.69) is 4.98 Å². The Morgan fingerprint density at radius 1 is 1.03 bits per heavy atom. The van der Waals surface area contributed by atoms with Crippen LogP contribution in [0.4, 0.5) is 13.2 Å². The molecule has 11 heteroatoms. The molecule has 0 bridgehead atoms. The van der Waals surface area contributed by atoms with Gasteiger partial charge in [-0.25, -0.2) is 5.48 Å². The van der Waals surface area contributed by atoms with Gasteiger partial charge in [0.1, 0.15) is 6.04 Å². The number of fused-ring (bicyclic) bond motifs is 4. The van der Waals surface area contributed by atoms with Gasteiger partial charge < -0.3 is 14.8 Å². The second kappa shape index (κ2) is 10.7. The van der Waals surface area contributed by atoms with Crippen LogP contribution in [0.15, 0.2) is 48.5 Å². The van der Waals surface area contributed by atoms with Crippen LogP contribution in [0.2, 0.25) is 0 Å². The molecule has 1 saturated heterocycles. The summed E-state index contributed by atoms with van der Waals surface area (Å²) >= 11 is 0. The molecule has 3 aromatic rings. The number of H-pyrrole nitrogens is 1. The Balaban J connectivity index is 1.41. The molecular weight excluding hydrogens is 513 g/mol. The number of carbonyl (C=O) groups excluding carboxylic acids is 3. The average Bonchev–Trinajstić information content (AvgIpc) is 3.29. The molecule has 3 N–H and O–H groups in total. The lowest BCUT2D eigenvalue weighted by Gasteiger charge is -2.47. The highest BCUT2D eigenvalue weighted by Gasteiger charge is 2.48. The molecule has 39 heavy (non-hydrogen) atoms. The van der Waals surface area contributed by atoms with Gasteiger partial charge >= 0.3 is 6.18 Å². The number of hydroxylamine groups is 1. The molecule has 0 unspecified atom stereocenters. The summed E-state index contributed by atoms with van der Waals surface area (Å²) in [6.07, 6.45) is -1.19. The van der Waals surface area contributed by atoms with Gasteiger partial charge in [0.25, 0.3) is 0 Å². The van der Waals surface area contributed by atoms with E-state index in [1.54, 1.807) is 10.4 Å². The first-order valence-electron chi connectivity index (χ1n) is 13.0. The maximum Gasteiger partial charge on any atom is 0.416 e. The van der Waals surface area contributed by atoms with Crippen LogP contribution in [-0.2, 0) is 27.0 Å². The van der Waals surface area contributed by atoms with Crippen LogP contribution in [0.3, 0.4) is 0 Å². The van der Waals surface area contributed by atoms with E-state index in [0.717, 1.165) is 41.4 Å². The minimum Gasteiger partial charge on any atom is -0.356 e. The van der Waals surface area contributed by atoms with Crippen molar-refractivity contribution < 1.29 is 32.8 Å². The zero-order valence-corrected chi connectivity index (χ0v) is 21.1. The zero-order valence-electron chi connectivity index (χ0n) is 21.1. The Labute approximate surface area is 222 Å². The molecule has 3 heterocycles. The summed E-state index contributed by atoms with van der Waals surface area (Å²) in [5.74, 6) is -0.876. The number of nitrogens with one attached hydrogen (secondary N) is 2. The molecule has 2 aliphatic heterocycles.